The van der Waals surface area contributed by atoms with Gasteiger partial charge in [-0.1, -0.05) is 23.7 Å². The number of hydrogen-bond donors (Lipinski definition) is 2. The molecule has 0 bridgehead atoms. The van der Waals surface area contributed by atoms with Crippen LogP contribution >= 0.6 is 11.6 Å². The Kier molecular flexibility index (Phi) is 4.30. The van der Waals surface area contributed by atoms with Crippen molar-refractivity contribution < 1.29 is 4.79 Å². The van der Waals surface area contributed by atoms with Gasteiger partial charge in [0, 0.05) is 28.0 Å². The molecule has 0 aliphatic heterocycles. The average Bonchev–Trinajstić information content (AvgIpc) is 2.38. The van der Waals surface area contributed by atoms with Gasteiger partial charge in [0.1, 0.15) is 0 Å². The van der Waals surface area contributed by atoms with Crippen molar-refractivity contribution in [2.45, 2.75) is 19.9 Å². The van der Waals surface area contributed by atoms with E-state index in [1.54, 1.807) is 12.1 Å². The molecule has 0 aromatic heterocycles. The Bertz CT molecular complexity index is 640. The van der Waals surface area contributed by atoms with Gasteiger partial charge in [-0.2, -0.15) is 0 Å². The van der Waals surface area contributed by atoms with E-state index in [-0.39, 0.29) is 11.8 Å². The smallest absolute Gasteiger partial charge is 0.161 e. The second-order valence-electron chi connectivity index (χ2n) is 4.78. The number of benzene rings is 2. The van der Waals surface area contributed by atoms with E-state index in [0.717, 1.165) is 11.3 Å². The Morgan fingerprint density at radius 3 is 2.60 bits per heavy atom. The van der Waals surface area contributed by atoms with Gasteiger partial charge < -0.3 is 11.1 Å². The standard InChI is InChI=1S/C16H17ClN2O/c1-10(12-4-3-5-13(17)8-12)19-14-6-7-15(11(2)20)16(18)9-14/h3-10,19H,18H2,1-2H3. The van der Waals surface area contributed by atoms with E-state index in [4.69, 9.17) is 17.3 Å². The molecule has 3 nitrogen and oxygen atoms in total. The Hall–Kier alpha value is -2.00. The Balaban J connectivity index is 2.18. The van der Waals surface area contributed by atoms with Crippen molar-refractivity contribution in [1.82, 2.24) is 0 Å². The zero-order valence-electron chi connectivity index (χ0n) is 11.5. The number of hydrogen-bond acceptors (Lipinski definition) is 3. The number of Topliss-reactive ketones (excluding diaryl/α,β-unsaturated/α-hetero) is 1. The van der Waals surface area contributed by atoms with E-state index in [1.165, 1.54) is 6.92 Å². The summed E-state index contributed by atoms with van der Waals surface area (Å²) in [5, 5.41) is 4.05. The predicted octanol–water partition coefficient (Wildman–Crippen LogP) is 4.30. The summed E-state index contributed by atoms with van der Waals surface area (Å²) >= 11 is 5.99. The van der Waals surface area contributed by atoms with Crippen LogP contribution in [0.3, 0.4) is 0 Å². The number of rotatable bonds is 4. The highest BCUT2D eigenvalue weighted by molar-refractivity contribution is 6.30. The molecule has 0 saturated carbocycles. The van der Waals surface area contributed by atoms with Crippen LogP contribution in [0.25, 0.3) is 0 Å². The molecule has 20 heavy (non-hydrogen) atoms. The number of anilines is 2. The van der Waals surface area contributed by atoms with Gasteiger partial charge in [-0.15, -0.1) is 0 Å². The van der Waals surface area contributed by atoms with Gasteiger partial charge >= 0.3 is 0 Å². The molecule has 2 rings (SSSR count). The first kappa shape index (κ1) is 14.4. The molecule has 2 aromatic rings. The summed E-state index contributed by atoms with van der Waals surface area (Å²) in [4.78, 5) is 11.3. The van der Waals surface area contributed by atoms with Crippen LogP contribution in [0.4, 0.5) is 11.4 Å². The fourth-order valence-electron chi connectivity index (χ4n) is 2.08. The molecule has 0 saturated heterocycles. The van der Waals surface area contributed by atoms with Crippen molar-refractivity contribution in [2.75, 3.05) is 11.1 Å². The summed E-state index contributed by atoms with van der Waals surface area (Å²) in [5.41, 5.74) is 8.88. The SMILES string of the molecule is CC(=O)c1ccc(NC(C)c2cccc(Cl)c2)cc1N. The van der Waals surface area contributed by atoms with Crippen molar-refractivity contribution in [3.8, 4) is 0 Å². The average molecular weight is 289 g/mol. The number of ketones is 1. The molecule has 2 aromatic carbocycles. The molecular weight excluding hydrogens is 272 g/mol. The Labute approximate surface area is 123 Å². The number of nitrogen functional groups attached to an aromatic ring is 1. The summed E-state index contributed by atoms with van der Waals surface area (Å²) in [6.07, 6.45) is 0. The van der Waals surface area contributed by atoms with Crippen LogP contribution in [0, 0.1) is 0 Å². The largest absolute Gasteiger partial charge is 0.398 e. The molecule has 0 aliphatic carbocycles. The molecule has 104 valence electrons. The van der Waals surface area contributed by atoms with Gasteiger partial charge in [-0.25, -0.2) is 0 Å². The third-order valence-corrected chi connectivity index (χ3v) is 3.40. The highest BCUT2D eigenvalue weighted by atomic mass is 35.5. The summed E-state index contributed by atoms with van der Waals surface area (Å²) in [7, 11) is 0. The van der Waals surface area contributed by atoms with Crippen LogP contribution < -0.4 is 11.1 Å². The maximum absolute atomic E-state index is 11.3. The minimum Gasteiger partial charge on any atom is -0.398 e. The lowest BCUT2D eigenvalue weighted by Gasteiger charge is -2.17. The summed E-state index contributed by atoms with van der Waals surface area (Å²) in [6.45, 7) is 3.55. The van der Waals surface area contributed by atoms with Gasteiger partial charge in [0.05, 0.1) is 0 Å². The van der Waals surface area contributed by atoms with Gasteiger partial charge in [0.15, 0.2) is 5.78 Å². The number of carbonyl (C=O) groups is 1. The topological polar surface area (TPSA) is 55.1 Å². The number of nitrogens with two attached hydrogens (primary N) is 1. The van der Waals surface area contributed by atoms with Gasteiger partial charge in [0.2, 0.25) is 0 Å². The third kappa shape index (κ3) is 3.31. The van der Waals surface area contributed by atoms with Crippen LogP contribution in [0.1, 0.15) is 35.8 Å². The van der Waals surface area contributed by atoms with E-state index in [9.17, 15) is 4.79 Å². The maximum atomic E-state index is 11.3. The molecule has 1 unspecified atom stereocenters. The number of nitrogens with one attached hydrogen (secondary N) is 1. The molecule has 0 radical (unpaired) electrons. The van der Waals surface area contributed by atoms with E-state index in [0.29, 0.717) is 16.3 Å². The van der Waals surface area contributed by atoms with Crippen molar-refractivity contribution >= 4 is 28.8 Å². The van der Waals surface area contributed by atoms with Crippen LogP contribution in [0.15, 0.2) is 42.5 Å². The molecule has 0 heterocycles. The molecule has 0 fully saturated rings. The van der Waals surface area contributed by atoms with Gasteiger partial charge in [-0.3, -0.25) is 4.79 Å². The minimum atomic E-state index is -0.0306. The fourth-order valence-corrected chi connectivity index (χ4v) is 2.28. The lowest BCUT2D eigenvalue weighted by molar-refractivity contribution is 0.101. The number of halogens is 1. The van der Waals surface area contributed by atoms with E-state index in [2.05, 4.69) is 5.32 Å². The number of carbonyl (C=O) groups excluding carboxylic acids is 1. The molecule has 0 spiro atoms. The zero-order valence-corrected chi connectivity index (χ0v) is 12.2. The van der Waals surface area contributed by atoms with Crippen LogP contribution in [0.5, 0.6) is 0 Å². The predicted molar refractivity (Wildman–Crippen MR) is 84.3 cm³/mol. The molecule has 3 N–H and O–H groups in total. The highest BCUT2D eigenvalue weighted by Gasteiger charge is 2.09. The normalized spacial score (nSPS) is 11.9. The second-order valence-corrected chi connectivity index (χ2v) is 5.22. The molecular formula is C16H17ClN2O. The van der Waals surface area contributed by atoms with Crippen LogP contribution in [0.2, 0.25) is 5.02 Å². The fraction of sp³-hybridized carbons (Fsp3) is 0.188. The quantitative estimate of drug-likeness (QED) is 0.651. The Morgan fingerprint density at radius 2 is 2.00 bits per heavy atom. The zero-order chi connectivity index (χ0) is 14.7. The summed E-state index contributed by atoms with van der Waals surface area (Å²) < 4.78 is 0. The molecule has 0 amide bonds. The van der Waals surface area contributed by atoms with Gasteiger partial charge in [0.25, 0.3) is 0 Å². The van der Waals surface area contributed by atoms with Crippen molar-refractivity contribution in [2.24, 2.45) is 0 Å². The monoisotopic (exact) mass is 288 g/mol. The summed E-state index contributed by atoms with van der Waals surface area (Å²) in [6, 6.07) is 13.2. The van der Waals surface area contributed by atoms with E-state index < -0.39 is 0 Å². The second kappa shape index (κ2) is 5.97. The van der Waals surface area contributed by atoms with Crippen molar-refractivity contribution in [1.29, 1.82) is 0 Å². The lowest BCUT2D eigenvalue weighted by atomic mass is 10.1. The minimum absolute atomic E-state index is 0.0306. The lowest BCUT2D eigenvalue weighted by Crippen LogP contribution is -2.08. The first-order valence-electron chi connectivity index (χ1n) is 6.40. The van der Waals surface area contributed by atoms with Crippen molar-refractivity contribution in [3.05, 3.63) is 58.6 Å². The van der Waals surface area contributed by atoms with Crippen LogP contribution in [-0.2, 0) is 0 Å². The maximum Gasteiger partial charge on any atom is 0.161 e. The first-order chi connectivity index (χ1) is 9.47. The molecule has 4 heteroatoms. The third-order valence-electron chi connectivity index (χ3n) is 3.16. The molecule has 0 aliphatic rings. The van der Waals surface area contributed by atoms with E-state index >= 15 is 0 Å². The molecule has 1 atom stereocenters. The van der Waals surface area contributed by atoms with E-state index in [1.807, 2.05) is 37.3 Å². The first-order valence-corrected chi connectivity index (χ1v) is 6.77. The van der Waals surface area contributed by atoms with Crippen molar-refractivity contribution in [3.63, 3.8) is 0 Å². The Morgan fingerprint density at radius 1 is 1.25 bits per heavy atom. The van der Waals surface area contributed by atoms with Crippen LogP contribution in [-0.4, -0.2) is 5.78 Å². The summed E-state index contributed by atoms with van der Waals surface area (Å²) in [5.74, 6) is -0.0306. The van der Waals surface area contributed by atoms with Gasteiger partial charge in [-0.05, 0) is 49.7 Å². The highest BCUT2D eigenvalue weighted by Crippen LogP contribution is 2.24.